The number of esters is 3. The molecule has 11 unspecified atom stereocenters. The molecule has 4 rings (SSSR count). The highest BCUT2D eigenvalue weighted by Gasteiger charge is 2.70. The number of methoxy groups -OCH3 is 2. The summed E-state index contributed by atoms with van der Waals surface area (Å²) >= 11 is 0. The van der Waals surface area contributed by atoms with E-state index in [0.29, 0.717) is 26.2 Å². The Morgan fingerprint density at radius 3 is 1.98 bits per heavy atom. The first kappa shape index (κ1) is 36.7. The molecule has 46 heavy (non-hydrogen) atoms. The first-order chi connectivity index (χ1) is 21.1. The summed E-state index contributed by atoms with van der Waals surface area (Å²) < 4.78 is 116. The SMILES string of the molecule is COC(=O)C(C)(CC1OCCCC1C(CC1OC2C(CC1C)C1CC(C(=O)OC(C)(C)C)C2C1)(C(=O)OC)C(F)(F)F)C(F)(F)F. The fourth-order valence-electron chi connectivity index (χ4n) is 8.63. The molecule has 11 atom stereocenters. The number of hydrogen-bond donors (Lipinski definition) is 0. The van der Waals surface area contributed by atoms with E-state index in [1.807, 2.05) is 0 Å². The standard InChI is InChI=1S/C32H46F6O8/c1-16-11-18-17-12-19(20(13-17)25(39)46-28(2,3)4)24(18)45-22(16)15-30(27(41)43-7,32(36,37)38)21-9-8-10-44-23(21)14-29(5,26(40)42-6)31(33,34)35/h16-24H,8-15H2,1-7H3. The van der Waals surface area contributed by atoms with Gasteiger partial charge in [0.05, 0.1) is 38.4 Å². The van der Waals surface area contributed by atoms with Crippen LogP contribution in [0.5, 0.6) is 0 Å². The van der Waals surface area contributed by atoms with Gasteiger partial charge >= 0.3 is 30.3 Å². The average Bonchev–Trinajstić information content (AvgIpc) is 3.53. The molecule has 264 valence electrons. The maximum atomic E-state index is 15.5. The van der Waals surface area contributed by atoms with Crippen LogP contribution in [0.3, 0.4) is 0 Å². The van der Waals surface area contributed by atoms with E-state index in [4.69, 9.17) is 18.9 Å². The van der Waals surface area contributed by atoms with Crippen molar-refractivity contribution in [1.82, 2.24) is 0 Å². The van der Waals surface area contributed by atoms with Crippen LogP contribution in [0.15, 0.2) is 0 Å². The third-order valence-electron chi connectivity index (χ3n) is 10.9. The summed E-state index contributed by atoms with van der Waals surface area (Å²) in [6, 6.07) is 0. The Bertz CT molecular complexity index is 1150. The highest BCUT2D eigenvalue weighted by molar-refractivity contribution is 5.79. The summed E-state index contributed by atoms with van der Waals surface area (Å²) in [5.74, 6) is -6.53. The predicted molar refractivity (Wildman–Crippen MR) is 150 cm³/mol. The van der Waals surface area contributed by atoms with Gasteiger partial charge in [-0.3, -0.25) is 14.4 Å². The van der Waals surface area contributed by atoms with E-state index in [9.17, 15) is 27.6 Å². The summed E-state index contributed by atoms with van der Waals surface area (Å²) in [6.07, 6.45) is -14.5. The van der Waals surface area contributed by atoms with Gasteiger partial charge in [-0.25, -0.2) is 0 Å². The third-order valence-corrected chi connectivity index (χ3v) is 10.9. The summed E-state index contributed by atoms with van der Waals surface area (Å²) in [7, 11) is 1.57. The molecule has 0 radical (unpaired) electrons. The predicted octanol–water partition coefficient (Wildman–Crippen LogP) is 6.43. The molecular weight excluding hydrogens is 626 g/mol. The smallest absolute Gasteiger partial charge is 0.405 e. The fourth-order valence-corrected chi connectivity index (χ4v) is 8.63. The molecule has 2 saturated heterocycles. The summed E-state index contributed by atoms with van der Waals surface area (Å²) in [5.41, 5.74) is -7.22. The Hall–Kier alpha value is -2.09. The first-order valence-electron chi connectivity index (χ1n) is 15.9. The zero-order chi connectivity index (χ0) is 34.6. The van der Waals surface area contributed by atoms with E-state index in [0.717, 1.165) is 14.2 Å². The monoisotopic (exact) mass is 672 g/mol. The first-order valence-corrected chi connectivity index (χ1v) is 15.9. The van der Waals surface area contributed by atoms with Crippen molar-refractivity contribution in [2.75, 3.05) is 20.8 Å². The lowest BCUT2D eigenvalue weighted by atomic mass is 9.62. The minimum atomic E-state index is -5.28. The van der Waals surface area contributed by atoms with Crippen LogP contribution in [0, 0.1) is 46.3 Å². The Kier molecular flexibility index (Phi) is 10.2. The van der Waals surface area contributed by atoms with Crippen LogP contribution in [-0.2, 0) is 38.1 Å². The van der Waals surface area contributed by atoms with E-state index < -0.39 is 89.6 Å². The van der Waals surface area contributed by atoms with Crippen LogP contribution in [0.25, 0.3) is 0 Å². The van der Waals surface area contributed by atoms with Crippen molar-refractivity contribution in [1.29, 1.82) is 0 Å². The molecule has 0 N–H and O–H groups in total. The van der Waals surface area contributed by atoms with Crippen molar-refractivity contribution in [3.8, 4) is 0 Å². The van der Waals surface area contributed by atoms with Crippen molar-refractivity contribution in [3.63, 3.8) is 0 Å². The number of rotatable bonds is 8. The Labute approximate surface area is 265 Å². The van der Waals surface area contributed by atoms with Crippen molar-refractivity contribution in [3.05, 3.63) is 0 Å². The van der Waals surface area contributed by atoms with Gasteiger partial charge < -0.3 is 23.7 Å². The van der Waals surface area contributed by atoms with Crippen LogP contribution >= 0.6 is 0 Å². The minimum Gasteiger partial charge on any atom is -0.468 e. The Balaban J connectivity index is 1.69. The number of ether oxygens (including phenoxy) is 5. The molecule has 14 heteroatoms. The van der Waals surface area contributed by atoms with Gasteiger partial charge in [0.15, 0.2) is 10.8 Å². The summed E-state index contributed by atoms with van der Waals surface area (Å²) in [6.45, 7) is 7.41. The van der Waals surface area contributed by atoms with Gasteiger partial charge in [-0.1, -0.05) is 6.92 Å². The van der Waals surface area contributed by atoms with Crippen LogP contribution < -0.4 is 0 Å². The molecule has 0 spiro atoms. The second-order valence-corrected chi connectivity index (χ2v) is 14.9. The molecule has 2 heterocycles. The van der Waals surface area contributed by atoms with Crippen LogP contribution in [0.1, 0.15) is 79.6 Å². The highest BCUT2D eigenvalue weighted by Crippen LogP contribution is 2.61. The number of halogens is 6. The van der Waals surface area contributed by atoms with Crippen molar-refractivity contribution in [2.45, 2.75) is 116 Å². The van der Waals surface area contributed by atoms with Crippen LogP contribution in [-0.4, -0.2) is 75.0 Å². The van der Waals surface area contributed by atoms with E-state index in [1.165, 1.54) is 0 Å². The van der Waals surface area contributed by atoms with Crippen molar-refractivity contribution < 1.29 is 64.4 Å². The molecule has 0 aromatic carbocycles. The number of hydrogen-bond acceptors (Lipinski definition) is 8. The zero-order valence-electron chi connectivity index (χ0n) is 27.4. The lowest BCUT2D eigenvalue weighted by Gasteiger charge is -2.50. The third kappa shape index (κ3) is 6.50. The van der Waals surface area contributed by atoms with Gasteiger partial charge in [0.1, 0.15) is 5.60 Å². The van der Waals surface area contributed by atoms with Crippen LogP contribution in [0.4, 0.5) is 26.3 Å². The quantitative estimate of drug-likeness (QED) is 0.165. The normalized spacial score (nSPS) is 35.8. The van der Waals surface area contributed by atoms with E-state index in [1.54, 1.807) is 27.7 Å². The van der Waals surface area contributed by atoms with Gasteiger partial charge in [0.25, 0.3) is 0 Å². The fraction of sp³-hybridized carbons (Fsp3) is 0.906. The molecule has 4 fully saturated rings. The van der Waals surface area contributed by atoms with E-state index in [-0.39, 0.29) is 43.2 Å². The van der Waals surface area contributed by atoms with Gasteiger partial charge in [-0.2, -0.15) is 26.3 Å². The van der Waals surface area contributed by atoms with Gasteiger partial charge in [0, 0.05) is 12.5 Å². The topological polar surface area (TPSA) is 97.4 Å². The second-order valence-electron chi connectivity index (χ2n) is 14.9. The lowest BCUT2D eigenvalue weighted by Crippen LogP contribution is -2.60. The van der Waals surface area contributed by atoms with Gasteiger partial charge in [-0.15, -0.1) is 0 Å². The highest BCUT2D eigenvalue weighted by atomic mass is 19.4. The molecule has 2 aliphatic heterocycles. The maximum Gasteiger partial charge on any atom is 0.405 e. The number of fused-ring (bicyclic) bond motifs is 5. The molecule has 0 amide bonds. The lowest BCUT2D eigenvalue weighted by molar-refractivity contribution is -0.285. The molecule has 0 aromatic rings. The molecule has 4 aliphatic rings. The Morgan fingerprint density at radius 2 is 1.43 bits per heavy atom. The van der Waals surface area contributed by atoms with E-state index >= 15 is 13.2 Å². The molecule has 2 saturated carbocycles. The van der Waals surface area contributed by atoms with E-state index in [2.05, 4.69) is 4.74 Å². The molecule has 0 aromatic heterocycles. The number of carbonyl (C=O) groups is 3. The van der Waals surface area contributed by atoms with Gasteiger partial charge in [-0.05, 0) is 96.3 Å². The van der Waals surface area contributed by atoms with Gasteiger partial charge in [0.2, 0.25) is 0 Å². The van der Waals surface area contributed by atoms with Crippen LogP contribution in [0.2, 0.25) is 0 Å². The summed E-state index contributed by atoms with van der Waals surface area (Å²) in [5, 5.41) is 0. The minimum absolute atomic E-state index is 0.0201. The molecule has 2 aliphatic carbocycles. The largest absolute Gasteiger partial charge is 0.468 e. The average molecular weight is 673 g/mol. The maximum absolute atomic E-state index is 15.5. The molecule has 8 nitrogen and oxygen atoms in total. The number of alkyl halides is 6. The zero-order valence-corrected chi connectivity index (χ0v) is 27.4. The van der Waals surface area contributed by atoms with Crippen molar-refractivity contribution in [2.24, 2.45) is 46.3 Å². The number of carbonyl (C=O) groups excluding carboxylic acids is 3. The molecular formula is C32H46F6O8. The van der Waals surface area contributed by atoms with Crippen molar-refractivity contribution >= 4 is 17.9 Å². The Morgan fingerprint density at radius 1 is 0.804 bits per heavy atom. The second kappa shape index (κ2) is 12.7. The molecule has 2 bridgehead atoms. The summed E-state index contributed by atoms with van der Waals surface area (Å²) in [4.78, 5) is 38.9.